The van der Waals surface area contributed by atoms with Crippen LogP contribution in [-0.2, 0) is 11.3 Å². The second kappa shape index (κ2) is 7.18. The van der Waals surface area contributed by atoms with Crippen LogP contribution >= 0.6 is 11.8 Å². The van der Waals surface area contributed by atoms with Crippen molar-refractivity contribution < 1.29 is 9.53 Å². The number of thioether (sulfide) groups is 1. The molecule has 0 aliphatic heterocycles. The van der Waals surface area contributed by atoms with Crippen LogP contribution in [0.1, 0.15) is 26.3 Å². The molecule has 1 aromatic carbocycles. The van der Waals surface area contributed by atoms with E-state index < -0.39 is 6.04 Å². The fraction of sp³-hybridized carbons (Fsp3) is 0.562. The van der Waals surface area contributed by atoms with E-state index in [1.807, 2.05) is 45.2 Å². The quantitative estimate of drug-likeness (QED) is 0.850. The topological polar surface area (TPSA) is 55.6 Å². The van der Waals surface area contributed by atoms with Crippen molar-refractivity contribution >= 4 is 17.7 Å². The Hall–Kier alpha value is -1.20. The molecule has 0 heterocycles. The molecule has 0 aromatic heterocycles. The fourth-order valence-electron chi connectivity index (χ4n) is 1.94. The molecule has 0 saturated carbocycles. The van der Waals surface area contributed by atoms with E-state index >= 15 is 0 Å². The van der Waals surface area contributed by atoms with Gasteiger partial charge in [0.05, 0.1) is 13.2 Å². The van der Waals surface area contributed by atoms with Gasteiger partial charge in [0.15, 0.2) is 0 Å². The molecule has 0 bridgehead atoms. The summed E-state index contributed by atoms with van der Waals surface area (Å²) >= 11 is 1.64. The number of carbonyl (C=O) groups is 1. The number of benzene rings is 1. The lowest BCUT2D eigenvalue weighted by molar-refractivity contribution is -0.134. The minimum atomic E-state index is -0.505. The number of amides is 1. The second-order valence-electron chi connectivity index (χ2n) is 6.23. The maximum Gasteiger partial charge on any atom is 0.240 e. The van der Waals surface area contributed by atoms with Gasteiger partial charge in [-0.05, 0) is 29.4 Å². The summed E-state index contributed by atoms with van der Waals surface area (Å²) < 4.78 is 5.37. The Bertz CT molecular complexity index is 498. The number of hydrogen-bond donors (Lipinski definition) is 1. The van der Waals surface area contributed by atoms with Crippen LogP contribution < -0.4 is 10.5 Å². The average Bonchev–Trinajstić information content (AvgIpc) is 2.44. The van der Waals surface area contributed by atoms with Crippen LogP contribution in [-0.4, -0.2) is 37.3 Å². The molecule has 0 fully saturated rings. The van der Waals surface area contributed by atoms with E-state index in [4.69, 9.17) is 10.5 Å². The molecule has 1 aromatic rings. The van der Waals surface area contributed by atoms with Crippen LogP contribution in [0.15, 0.2) is 23.1 Å². The molecular formula is C16H26N2O2S. The van der Waals surface area contributed by atoms with Gasteiger partial charge in [-0.1, -0.05) is 26.8 Å². The highest BCUT2D eigenvalue weighted by Crippen LogP contribution is 2.29. The number of likely N-dealkylation sites (N-methyl/N-ethyl adjacent to an activating group) is 1. The smallest absolute Gasteiger partial charge is 0.240 e. The van der Waals surface area contributed by atoms with E-state index in [9.17, 15) is 4.79 Å². The molecular weight excluding hydrogens is 284 g/mol. The van der Waals surface area contributed by atoms with Crippen LogP contribution in [0.3, 0.4) is 0 Å². The zero-order valence-corrected chi connectivity index (χ0v) is 14.6. The largest absolute Gasteiger partial charge is 0.496 e. The predicted octanol–water partition coefficient (Wildman–Crippen LogP) is 2.75. The first-order valence-corrected chi connectivity index (χ1v) is 8.14. The van der Waals surface area contributed by atoms with Crippen molar-refractivity contribution in [2.75, 3.05) is 20.4 Å². The second-order valence-corrected chi connectivity index (χ2v) is 7.08. The van der Waals surface area contributed by atoms with E-state index in [0.29, 0.717) is 6.54 Å². The normalized spacial score (nSPS) is 12.9. The van der Waals surface area contributed by atoms with Crippen LogP contribution in [0.5, 0.6) is 5.75 Å². The van der Waals surface area contributed by atoms with E-state index in [1.54, 1.807) is 30.8 Å². The molecule has 4 nitrogen and oxygen atoms in total. The monoisotopic (exact) mass is 310 g/mol. The lowest BCUT2D eigenvalue weighted by Gasteiger charge is -2.30. The molecule has 2 N–H and O–H groups in total. The molecule has 21 heavy (non-hydrogen) atoms. The van der Waals surface area contributed by atoms with Crippen molar-refractivity contribution in [1.82, 2.24) is 4.90 Å². The van der Waals surface area contributed by atoms with Gasteiger partial charge in [-0.2, -0.15) is 0 Å². The Labute approximate surface area is 132 Å². The summed E-state index contributed by atoms with van der Waals surface area (Å²) in [5.74, 6) is 0.788. The van der Waals surface area contributed by atoms with E-state index in [1.165, 1.54) is 0 Å². The van der Waals surface area contributed by atoms with Crippen molar-refractivity contribution in [2.24, 2.45) is 11.1 Å². The summed E-state index contributed by atoms with van der Waals surface area (Å²) in [6.45, 7) is 6.44. The summed E-state index contributed by atoms with van der Waals surface area (Å²) in [5.41, 5.74) is 6.82. The van der Waals surface area contributed by atoms with Crippen molar-refractivity contribution in [3.05, 3.63) is 23.8 Å². The number of rotatable bonds is 5. The van der Waals surface area contributed by atoms with Crippen LogP contribution in [0.4, 0.5) is 0 Å². The molecule has 0 radical (unpaired) electrons. The average molecular weight is 310 g/mol. The van der Waals surface area contributed by atoms with Crippen LogP contribution in [0.2, 0.25) is 0 Å². The maximum atomic E-state index is 12.3. The molecule has 0 unspecified atom stereocenters. The third-order valence-electron chi connectivity index (χ3n) is 3.44. The van der Waals surface area contributed by atoms with Gasteiger partial charge in [-0.3, -0.25) is 4.79 Å². The van der Waals surface area contributed by atoms with Gasteiger partial charge in [0.1, 0.15) is 5.75 Å². The third-order valence-corrected chi connectivity index (χ3v) is 4.22. The predicted molar refractivity (Wildman–Crippen MR) is 88.7 cm³/mol. The first kappa shape index (κ1) is 17.9. The lowest BCUT2D eigenvalue weighted by Crippen LogP contribution is -2.48. The maximum absolute atomic E-state index is 12.3. The van der Waals surface area contributed by atoms with Crippen LogP contribution in [0, 0.1) is 5.41 Å². The summed E-state index contributed by atoms with van der Waals surface area (Å²) in [6, 6.07) is 5.50. The van der Waals surface area contributed by atoms with Gasteiger partial charge >= 0.3 is 0 Å². The zero-order chi connectivity index (χ0) is 16.2. The van der Waals surface area contributed by atoms with Gasteiger partial charge in [0.2, 0.25) is 5.91 Å². The number of carbonyl (C=O) groups excluding carboxylic acids is 1. The van der Waals surface area contributed by atoms with E-state index in [-0.39, 0.29) is 11.3 Å². The summed E-state index contributed by atoms with van der Waals surface area (Å²) in [7, 11) is 3.44. The van der Waals surface area contributed by atoms with Crippen LogP contribution in [0.25, 0.3) is 0 Å². The highest BCUT2D eigenvalue weighted by atomic mass is 32.2. The number of nitrogens with zero attached hydrogens (tertiary/aromatic N) is 1. The molecule has 0 saturated heterocycles. The van der Waals surface area contributed by atoms with Crippen molar-refractivity contribution in [3.63, 3.8) is 0 Å². The molecule has 1 amide bonds. The standard InChI is InChI=1S/C16H26N2O2S/c1-16(2,3)14(17)15(19)18(4)10-11-7-8-13(21-6)12(9-11)20-5/h7-9,14H,10,17H2,1-6H3/t14-/m1/s1. The first-order chi connectivity index (χ1) is 9.70. The molecule has 0 aliphatic rings. The Morgan fingerprint density at radius 2 is 2.05 bits per heavy atom. The highest BCUT2D eigenvalue weighted by Gasteiger charge is 2.29. The zero-order valence-electron chi connectivity index (χ0n) is 13.8. The number of hydrogen-bond acceptors (Lipinski definition) is 4. The lowest BCUT2D eigenvalue weighted by atomic mass is 9.86. The SMILES string of the molecule is COc1cc(CN(C)C(=O)[C@@H](N)C(C)(C)C)ccc1SC. The summed E-state index contributed by atoms with van der Waals surface area (Å²) in [5, 5.41) is 0. The molecule has 118 valence electrons. The van der Waals surface area contributed by atoms with Gasteiger partial charge in [0.25, 0.3) is 0 Å². The third kappa shape index (κ3) is 4.64. The Morgan fingerprint density at radius 3 is 2.52 bits per heavy atom. The van der Waals surface area contributed by atoms with E-state index in [2.05, 4.69) is 0 Å². The molecule has 0 aliphatic carbocycles. The highest BCUT2D eigenvalue weighted by molar-refractivity contribution is 7.98. The van der Waals surface area contributed by atoms with Crippen molar-refractivity contribution in [1.29, 1.82) is 0 Å². The minimum absolute atomic E-state index is 0.0459. The van der Waals surface area contributed by atoms with Gasteiger partial charge in [-0.25, -0.2) is 0 Å². The molecule has 0 spiro atoms. The molecule has 1 rings (SSSR count). The van der Waals surface area contributed by atoms with E-state index in [0.717, 1.165) is 16.2 Å². The summed E-state index contributed by atoms with van der Waals surface area (Å²) in [4.78, 5) is 15.1. The molecule has 1 atom stereocenters. The van der Waals surface area contributed by atoms with Crippen molar-refractivity contribution in [2.45, 2.75) is 38.3 Å². The fourth-order valence-corrected chi connectivity index (χ4v) is 2.49. The van der Waals surface area contributed by atoms with Crippen molar-refractivity contribution in [3.8, 4) is 5.75 Å². The number of nitrogens with two attached hydrogens (primary N) is 1. The van der Waals surface area contributed by atoms with Gasteiger partial charge < -0.3 is 15.4 Å². The Morgan fingerprint density at radius 1 is 1.43 bits per heavy atom. The minimum Gasteiger partial charge on any atom is -0.496 e. The molecule has 5 heteroatoms. The summed E-state index contributed by atoms with van der Waals surface area (Å²) in [6.07, 6.45) is 2.01. The Balaban J connectivity index is 2.84. The number of ether oxygens (including phenoxy) is 1. The van der Waals surface area contributed by atoms with Gasteiger partial charge in [-0.15, -0.1) is 11.8 Å². The first-order valence-electron chi connectivity index (χ1n) is 6.92. The van der Waals surface area contributed by atoms with Gasteiger partial charge in [0, 0.05) is 18.5 Å². The Kier molecular flexibility index (Phi) is 6.10. The number of methoxy groups -OCH3 is 1.